The number of benzene rings is 1. The first-order valence-corrected chi connectivity index (χ1v) is 13.8. The Balaban J connectivity index is 1.43. The van der Waals surface area contributed by atoms with Crippen LogP contribution in [0, 0.1) is 6.92 Å². The maximum Gasteiger partial charge on any atom is 0.410 e. The van der Waals surface area contributed by atoms with Gasteiger partial charge in [0.2, 0.25) is 0 Å². The molecule has 1 aromatic carbocycles. The number of aryl methyl sites for hydroxylation is 1. The molecule has 1 atom stereocenters. The van der Waals surface area contributed by atoms with Crippen LogP contribution in [0.1, 0.15) is 72.4 Å². The minimum atomic E-state index is -0.582. The van der Waals surface area contributed by atoms with E-state index < -0.39 is 5.60 Å². The Morgan fingerprint density at radius 3 is 2.73 bits per heavy atom. The SMILES string of the molecule is Cc1c[nH]c2ncc(-c3cc4c(c([C@@H]5CCCN5C(=O)OC(C)(C)C)c3)CN(C(=O)c3ccncn3)CC4)cc12. The highest BCUT2D eigenvalue weighted by Crippen LogP contribution is 2.40. The largest absolute Gasteiger partial charge is 0.444 e. The van der Waals surface area contributed by atoms with Crippen molar-refractivity contribution in [3.63, 3.8) is 0 Å². The van der Waals surface area contributed by atoms with Crippen LogP contribution in [-0.4, -0.2) is 60.4 Å². The number of H-pyrrole nitrogens is 1. The fraction of sp³-hybridized carbons (Fsp3) is 0.387. The van der Waals surface area contributed by atoms with Crippen molar-refractivity contribution < 1.29 is 14.3 Å². The second-order valence-corrected chi connectivity index (χ2v) is 11.7. The molecular formula is C31H34N6O3. The predicted molar refractivity (Wildman–Crippen MR) is 152 cm³/mol. The van der Waals surface area contributed by atoms with Gasteiger partial charge in [0.15, 0.2) is 0 Å². The van der Waals surface area contributed by atoms with Crippen LogP contribution in [-0.2, 0) is 17.7 Å². The second kappa shape index (κ2) is 10.0. The number of nitrogens with zero attached hydrogens (tertiary/aromatic N) is 5. The lowest BCUT2D eigenvalue weighted by molar-refractivity contribution is 0.0222. The normalized spacial score (nSPS) is 17.2. The minimum absolute atomic E-state index is 0.115. The fourth-order valence-electron chi connectivity index (χ4n) is 5.84. The first-order valence-electron chi connectivity index (χ1n) is 13.8. The number of hydrogen-bond donors (Lipinski definition) is 1. The molecule has 0 spiro atoms. The zero-order valence-electron chi connectivity index (χ0n) is 23.4. The van der Waals surface area contributed by atoms with E-state index in [4.69, 9.17) is 4.74 Å². The van der Waals surface area contributed by atoms with Crippen molar-refractivity contribution in [1.82, 2.24) is 29.7 Å². The average Bonchev–Trinajstić information content (AvgIpc) is 3.58. The molecule has 4 aromatic rings. The molecule has 2 amide bonds. The molecular weight excluding hydrogens is 504 g/mol. The predicted octanol–water partition coefficient (Wildman–Crippen LogP) is 5.60. The quantitative estimate of drug-likeness (QED) is 0.364. The molecule has 2 aliphatic heterocycles. The number of rotatable bonds is 3. The van der Waals surface area contributed by atoms with Crippen molar-refractivity contribution in [3.8, 4) is 11.1 Å². The monoisotopic (exact) mass is 538 g/mol. The van der Waals surface area contributed by atoms with E-state index in [0.717, 1.165) is 51.7 Å². The Hall–Kier alpha value is -4.27. The van der Waals surface area contributed by atoms with Gasteiger partial charge in [-0.2, -0.15) is 0 Å². The van der Waals surface area contributed by atoms with Crippen LogP contribution in [0.5, 0.6) is 0 Å². The van der Waals surface area contributed by atoms with Crippen LogP contribution >= 0.6 is 0 Å². The Labute approximate surface area is 233 Å². The fourth-order valence-corrected chi connectivity index (χ4v) is 5.84. The third-order valence-corrected chi connectivity index (χ3v) is 7.78. The standard InChI is InChI=1S/C31H34N6O3/c1-19-15-33-28-23(19)14-22(16-34-28)21-12-20-8-11-36(29(38)26-7-9-32-18-35-26)17-25(20)24(13-21)27-6-5-10-37(27)30(39)40-31(2,3)4/h7,9,12-16,18,27H,5-6,8,10-11,17H2,1-4H3,(H,33,34)/t27-/m0/s1. The molecule has 3 aromatic heterocycles. The molecule has 2 aliphatic rings. The number of likely N-dealkylation sites (tertiary alicyclic amines) is 1. The summed E-state index contributed by atoms with van der Waals surface area (Å²) in [7, 11) is 0. The van der Waals surface area contributed by atoms with Gasteiger partial charge in [-0.1, -0.05) is 6.07 Å². The zero-order valence-corrected chi connectivity index (χ0v) is 23.4. The van der Waals surface area contributed by atoms with Crippen LogP contribution in [0.3, 0.4) is 0 Å². The number of pyridine rings is 1. The first kappa shape index (κ1) is 26.0. The van der Waals surface area contributed by atoms with Gasteiger partial charge in [0.1, 0.15) is 23.3 Å². The third-order valence-electron chi connectivity index (χ3n) is 7.78. The molecule has 1 saturated heterocycles. The summed E-state index contributed by atoms with van der Waals surface area (Å²) >= 11 is 0. The molecule has 0 saturated carbocycles. The van der Waals surface area contributed by atoms with E-state index in [-0.39, 0.29) is 18.0 Å². The lowest BCUT2D eigenvalue weighted by Crippen LogP contribution is -2.39. The second-order valence-electron chi connectivity index (χ2n) is 11.7. The molecule has 9 heteroatoms. The summed E-state index contributed by atoms with van der Waals surface area (Å²) in [4.78, 5) is 46.3. The van der Waals surface area contributed by atoms with E-state index in [1.54, 1.807) is 12.3 Å². The van der Waals surface area contributed by atoms with Crippen molar-refractivity contribution in [2.45, 2.75) is 65.1 Å². The molecule has 9 nitrogen and oxygen atoms in total. The van der Waals surface area contributed by atoms with Gasteiger partial charge in [-0.25, -0.2) is 19.7 Å². The molecule has 0 aliphatic carbocycles. The Morgan fingerprint density at radius 1 is 1.10 bits per heavy atom. The number of fused-ring (bicyclic) bond motifs is 2. The lowest BCUT2D eigenvalue weighted by atomic mass is 9.86. The Morgan fingerprint density at radius 2 is 1.95 bits per heavy atom. The molecule has 206 valence electrons. The van der Waals surface area contributed by atoms with Gasteiger partial charge >= 0.3 is 6.09 Å². The van der Waals surface area contributed by atoms with E-state index in [9.17, 15) is 9.59 Å². The minimum Gasteiger partial charge on any atom is -0.444 e. The van der Waals surface area contributed by atoms with Gasteiger partial charge in [0.05, 0.1) is 6.04 Å². The topological polar surface area (TPSA) is 104 Å². The summed E-state index contributed by atoms with van der Waals surface area (Å²) in [5.74, 6) is -0.115. The average molecular weight is 539 g/mol. The van der Waals surface area contributed by atoms with Gasteiger partial charge in [-0.3, -0.25) is 4.79 Å². The molecule has 0 bridgehead atoms. The van der Waals surface area contributed by atoms with Gasteiger partial charge in [0, 0.05) is 49.2 Å². The van der Waals surface area contributed by atoms with E-state index in [0.29, 0.717) is 31.7 Å². The van der Waals surface area contributed by atoms with Crippen molar-refractivity contribution >= 4 is 23.0 Å². The van der Waals surface area contributed by atoms with Crippen molar-refractivity contribution in [2.75, 3.05) is 13.1 Å². The van der Waals surface area contributed by atoms with Crippen molar-refractivity contribution in [2.24, 2.45) is 0 Å². The number of carbonyl (C=O) groups excluding carboxylic acids is 2. The summed E-state index contributed by atoms with van der Waals surface area (Å²) in [5.41, 5.74) is 7.28. The van der Waals surface area contributed by atoms with E-state index in [1.807, 2.05) is 43.0 Å². The van der Waals surface area contributed by atoms with E-state index in [2.05, 4.69) is 45.1 Å². The van der Waals surface area contributed by atoms with Gasteiger partial charge in [0.25, 0.3) is 5.91 Å². The number of nitrogens with one attached hydrogen (secondary N) is 1. The van der Waals surface area contributed by atoms with Gasteiger partial charge < -0.3 is 19.5 Å². The summed E-state index contributed by atoms with van der Waals surface area (Å²) in [5, 5.41) is 1.09. The lowest BCUT2D eigenvalue weighted by Gasteiger charge is -2.34. The molecule has 40 heavy (non-hydrogen) atoms. The molecule has 5 heterocycles. The van der Waals surface area contributed by atoms with Crippen LogP contribution in [0.15, 0.2) is 49.2 Å². The van der Waals surface area contributed by atoms with E-state index in [1.165, 1.54) is 11.9 Å². The molecule has 0 unspecified atom stereocenters. The summed E-state index contributed by atoms with van der Waals surface area (Å²) in [6.45, 7) is 9.43. The highest BCUT2D eigenvalue weighted by atomic mass is 16.6. The van der Waals surface area contributed by atoms with Crippen molar-refractivity contribution in [3.05, 3.63) is 77.1 Å². The molecule has 6 rings (SSSR count). The maximum absolute atomic E-state index is 13.3. The molecule has 1 fully saturated rings. The third kappa shape index (κ3) is 4.92. The summed E-state index contributed by atoms with van der Waals surface area (Å²) < 4.78 is 5.80. The highest BCUT2D eigenvalue weighted by molar-refractivity contribution is 5.92. The number of aromatic amines is 1. The van der Waals surface area contributed by atoms with Crippen molar-refractivity contribution in [1.29, 1.82) is 0 Å². The Kier molecular flexibility index (Phi) is 6.52. The van der Waals surface area contributed by atoms with Crippen LogP contribution < -0.4 is 0 Å². The van der Waals surface area contributed by atoms with E-state index >= 15 is 0 Å². The summed E-state index contributed by atoms with van der Waals surface area (Å²) in [6, 6.07) is 8.10. The van der Waals surface area contributed by atoms with Crippen LogP contribution in [0.25, 0.3) is 22.2 Å². The number of ether oxygens (including phenoxy) is 1. The summed E-state index contributed by atoms with van der Waals surface area (Å²) in [6.07, 6.45) is 9.00. The first-order chi connectivity index (χ1) is 19.2. The maximum atomic E-state index is 13.3. The number of carbonyl (C=O) groups is 2. The molecule has 1 N–H and O–H groups in total. The molecule has 0 radical (unpaired) electrons. The zero-order chi connectivity index (χ0) is 28.0. The van der Waals surface area contributed by atoms with Gasteiger partial charge in [-0.05, 0) is 93.0 Å². The number of aromatic nitrogens is 4. The highest BCUT2D eigenvalue weighted by Gasteiger charge is 2.36. The van der Waals surface area contributed by atoms with Gasteiger partial charge in [-0.15, -0.1) is 0 Å². The smallest absolute Gasteiger partial charge is 0.410 e. The number of hydrogen-bond acceptors (Lipinski definition) is 6. The number of amides is 2. The Bertz CT molecular complexity index is 1590. The van der Waals surface area contributed by atoms with Crippen LogP contribution in [0.4, 0.5) is 4.79 Å². The van der Waals surface area contributed by atoms with Crippen LogP contribution in [0.2, 0.25) is 0 Å².